The van der Waals surface area contributed by atoms with Gasteiger partial charge in [0.25, 0.3) is 0 Å². The standard InChI is InChI=1S/C6H15N2O/c1-8(2,3)6-5-7-9-4/h5H,6H2,1-4H3/q+1. The Balaban J connectivity index is 3.38. The maximum Gasteiger partial charge on any atom is 0.117 e. The minimum absolute atomic E-state index is 0.882. The average molecular weight is 131 g/mol. The first-order valence-corrected chi connectivity index (χ1v) is 2.92. The third kappa shape index (κ3) is 7.43. The second kappa shape index (κ2) is 3.45. The molecule has 0 aliphatic carbocycles. The molecule has 0 bridgehead atoms. The summed E-state index contributed by atoms with van der Waals surface area (Å²) >= 11 is 0. The molecule has 0 aromatic heterocycles. The number of rotatable bonds is 3. The van der Waals surface area contributed by atoms with E-state index in [9.17, 15) is 0 Å². The Labute approximate surface area is 56.5 Å². The molecule has 0 radical (unpaired) electrons. The molecular weight excluding hydrogens is 116 g/mol. The quantitative estimate of drug-likeness (QED) is 0.307. The predicted molar refractivity (Wildman–Crippen MR) is 38.4 cm³/mol. The van der Waals surface area contributed by atoms with Gasteiger partial charge in [0.1, 0.15) is 13.7 Å². The van der Waals surface area contributed by atoms with Crippen molar-refractivity contribution in [3.05, 3.63) is 0 Å². The normalized spacial score (nSPS) is 12.4. The van der Waals surface area contributed by atoms with Gasteiger partial charge >= 0.3 is 0 Å². The van der Waals surface area contributed by atoms with Crippen LogP contribution in [0.4, 0.5) is 0 Å². The van der Waals surface area contributed by atoms with Crippen LogP contribution in [-0.2, 0) is 4.84 Å². The van der Waals surface area contributed by atoms with E-state index in [2.05, 4.69) is 31.1 Å². The average Bonchev–Trinajstić information content (AvgIpc) is 1.63. The molecule has 3 nitrogen and oxygen atoms in total. The molecule has 0 amide bonds. The highest BCUT2D eigenvalue weighted by atomic mass is 16.6. The Hall–Kier alpha value is -0.570. The fourth-order valence-electron chi connectivity index (χ4n) is 0.353. The Morgan fingerprint density at radius 1 is 1.44 bits per heavy atom. The molecule has 0 aliphatic heterocycles. The summed E-state index contributed by atoms with van der Waals surface area (Å²) in [6.45, 7) is 0.897. The molecule has 0 saturated carbocycles. The summed E-state index contributed by atoms with van der Waals surface area (Å²) in [4.78, 5) is 4.50. The van der Waals surface area contributed by atoms with Crippen molar-refractivity contribution >= 4 is 6.21 Å². The summed E-state index contributed by atoms with van der Waals surface area (Å²) in [6.07, 6.45) is 1.76. The van der Waals surface area contributed by atoms with Crippen molar-refractivity contribution in [2.45, 2.75) is 0 Å². The Morgan fingerprint density at radius 2 is 2.00 bits per heavy atom. The van der Waals surface area contributed by atoms with E-state index in [1.165, 1.54) is 0 Å². The molecule has 0 aliphatic rings. The van der Waals surface area contributed by atoms with Gasteiger partial charge in [-0.2, -0.15) is 0 Å². The topological polar surface area (TPSA) is 21.6 Å². The molecule has 0 fully saturated rings. The summed E-state index contributed by atoms with van der Waals surface area (Å²) in [7, 11) is 7.84. The lowest BCUT2D eigenvalue weighted by atomic mass is 10.5. The molecule has 0 heterocycles. The molecule has 9 heavy (non-hydrogen) atoms. The molecule has 54 valence electrons. The maximum atomic E-state index is 4.50. The van der Waals surface area contributed by atoms with Crippen LogP contribution in [0.3, 0.4) is 0 Å². The second-order valence-corrected chi connectivity index (χ2v) is 2.94. The van der Waals surface area contributed by atoms with Crippen LogP contribution in [0, 0.1) is 0 Å². The molecule has 0 aromatic rings. The van der Waals surface area contributed by atoms with Gasteiger partial charge in [-0.3, -0.25) is 0 Å². The van der Waals surface area contributed by atoms with Crippen LogP contribution in [0.15, 0.2) is 5.16 Å². The van der Waals surface area contributed by atoms with Crippen molar-refractivity contribution in [2.75, 3.05) is 34.8 Å². The molecule has 3 heteroatoms. The van der Waals surface area contributed by atoms with Crippen molar-refractivity contribution in [3.63, 3.8) is 0 Å². The second-order valence-electron chi connectivity index (χ2n) is 2.94. The number of nitrogens with zero attached hydrogens (tertiary/aromatic N) is 2. The first-order valence-electron chi connectivity index (χ1n) is 2.92. The lowest BCUT2D eigenvalue weighted by molar-refractivity contribution is -0.860. The largest absolute Gasteiger partial charge is 0.399 e. The Kier molecular flexibility index (Phi) is 3.24. The molecule has 0 saturated heterocycles. The fourth-order valence-corrected chi connectivity index (χ4v) is 0.353. The van der Waals surface area contributed by atoms with Gasteiger partial charge < -0.3 is 9.32 Å². The van der Waals surface area contributed by atoms with Crippen molar-refractivity contribution in [1.82, 2.24) is 0 Å². The third-order valence-electron chi connectivity index (χ3n) is 0.809. The van der Waals surface area contributed by atoms with Crippen molar-refractivity contribution in [1.29, 1.82) is 0 Å². The molecule has 0 rings (SSSR count). The van der Waals surface area contributed by atoms with E-state index in [0.717, 1.165) is 11.0 Å². The lowest BCUT2D eigenvalue weighted by Crippen LogP contribution is -2.35. The van der Waals surface area contributed by atoms with Crippen LogP contribution in [0.5, 0.6) is 0 Å². The van der Waals surface area contributed by atoms with E-state index in [0.29, 0.717) is 0 Å². The van der Waals surface area contributed by atoms with Gasteiger partial charge in [0, 0.05) is 0 Å². The number of hydrogen-bond donors (Lipinski definition) is 0. The van der Waals surface area contributed by atoms with Crippen LogP contribution >= 0.6 is 0 Å². The Morgan fingerprint density at radius 3 is 2.33 bits per heavy atom. The van der Waals surface area contributed by atoms with Gasteiger partial charge in [0.2, 0.25) is 0 Å². The Bertz CT molecular complexity index is 93.7. The number of hydrogen-bond acceptors (Lipinski definition) is 2. The van der Waals surface area contributed by atoms with E-state index in [1.807, 2.05) is 0 Å². The highest BCUT2D eigenvalue weighted by Gasteiger charge is 2.01. The van der Waals surface area contributed by atoms with Gasteiger partial charge in [0.05, 0.1) is 27.4 Å². The summed E-state index contributed by atoms with van der Waals surface area (Å²) in [6, 6.07) is 0. The zero-order chi connectivity index (χ0) is 7.33. The molecule has 0 spiro atoms. The van der Waals surface area contributed by atoms with Crippen LogP contribution in [0.2, 0.25) is 0 Å². The minimum Gasteiger partial charge on any atom is -0.399 e. The van der Waals surface area contributed by atoms with Gasteiger partial charge in [-0.15, -0.1) is 0 Å². The maximum absolute atomic E-state index is 4.50. The minimum atomic E-state index is 0.882. The summed E-state index contributed by atoms with van der Waals surface area (Å²) in [5.41, 5.74) is 0. The van der Waals surface area contributed by atoms with Crippen molar-refractivity contribution in [2.24, 2.45) is 5.16 Å². The molecule has 0 unspecified atom stereocenters. The predicted octanol–water partition coefficient (Wildman–Crippen LogP) is 0.325. The lowest BCUT2D eigenvalue weighted by Gasteiger charge is -2.20. The first kappa shape index (κ1) is 8.43. The first-order chi connectivity index (χ1) is 4.06. The smallest absolute Gasteiger partial charge is 0.117 e. The van der Waals surface area contributed by atoms with Crippen molar-refractivity contribution < 1.29 is 9.32 Å². The number of quaternary nitrogens is 1. The van der Waals surface area contributed by atoms with Crippen LogP contribution in [0.25, 0.3) is 0 Å². The molecule has 0 aromatic carbocycles. The summed E-state index contributed by atoms with van der Waals surface area (Å²) in [5, 5.41) is 3.62. The zero-order valence-electron chi connectivity index (χ0n) is 6.59. The van der Waals surface area contributed by atoms with E-state index in [1.54, 1.807) is 13.3 Å². The van der Waals surface area contributed by atoms with E-state index >= 15 is 0 Å². The van der Waals surface area contributed by atoms with Crippen LogP contribution in [-0.4, -0.2) is 45.5 Å². The summed E-state index contributed by atoms with van der Waals surface area (Å²) in [5.74, 6) is 0. The molecular formula is C6H15N2O+. The number of oxime groups is 1. The fraction of sp³-hybridized carbons (Fsp3) is 0.833. The van der Waals surface area contributed by atoms with Gasteiger partial charge in [-0.05, 0) is 0 Å². The highest BCUT2D eigenvalue weighted by Crippen LogP contribution is 1.84. The van der Waals surface area contributed by atoms with E-state index < -0.39 is 0 Å². The van der Waals surface area contributed by atoms with Crippen LogP contribution in [0.1, 0.15) is 0 Å². The van der Waals surface area contributed by atoms with Gasteiger partial charge in [0.15, 0.2) is 0 Å². The third-order valence-corrected chi connectivity index (χ3v) is 0.809. The van der Waals surface area contributed by atoms with E-state index in [4.69, 9.17) is 0 Å². The SMILES string of the molecule is CON=CC[N+](C)(C)C. The van der Waals surface area contributed by atoms with Crippen LogP contribution < -0.4 is 0 Å². The summed E-state index contributed by atoms with van der Waals surface area (Å²) < 4.78 is 0.882. The zero-order valence-corrected chi connectivity index (χ0v) is 6.59. The molecule has 0 atom stereocenters. The highest BCUT2D eigenvalue weighted by molar-refractivity contribution is 5.57. The van der Waals surface area contributed by atoms with Gasteiger partial charge in [-0.25, -0.2) is 0 Å². The molecule has 0 N–H and O–H groups in total. The van der Waals surface area contributed by atoms with E-state index in [-0.39, 0.29) is 0 Å². The van der Waals surface area contributed by atoms with Crippen molar-refractivity contribution in [3.8, 4) is 0 Å². The monoisotopic (exact) mass is 131 g/mol. The van der Waals surface area contributed by atoms with Gasteiger partial charge in [-0.1, -0.05) is 5.16 Å².